The van der Waals surface area contributed by atoms with E-state index in [0.29, 0.717) is 5.75 Å². The number of benzene rings is 1. The van der Waals surface area contributed by atoms with Crippen LogP contribution in [0.4, 0.5) is 0 Å². The molecule has 0 radical (unpaired) electrons. The van der Waals surface area contributed by atoms with Crippen molar-refractivity contribution in [1.82, 2.24) is 10.3 Å². The monoisotopic (exact) mass is 387 g/mol. The summed E-state index contributed by atoms with van der Waals surface area (Å²) in [7, 11) is 0. The van der Waals surface area contributed by atoms with Crippen molar-refractivity contribution in [2.45, 2.75) is 70.8 Å². The zero-order chi connectivity index (χ0) is 20.0. The number of thiazole rings is 1. The molecule has 1 aromatic carbocycles. The lowest BCUT2D eigenvalue weighted by molar-refractivity contribution is 0.316. The van der Waals surface area contributed by atoms with Crippen molar-refractivity contribution in [2.75, 3.05) is 13.1 Å². The van der Waals surface area contributed by atoms with E-state index in [1.54, 1.807) is 11.3 Å². The van der Waals surface area contributed by atoms with Gasteiger partial charge in [-0.05, 0) is 48.9 Å². The van der Waals surface area contributed by atoms with E-state index in [4.69, 9.17) is 10.7 Å². The fraction of sp³-hybridized carbons (Fsp3) is 0.591. The van der Waals surface area contributed by atoms with Crippen molar-refractivity contribution < 1.29 is 5.11 Å². The number of rotatable bonds is 2. The summed E-state index contributed by atoms with van der Waals surface area (Å²) in [6, 6.07) is 4.18. The molecule has 148 valence electrons. The van der Waals surface area contributed by atoms with Gasteiger partial charge < -0.3 is 16.2 Å². The molecule has 4 N–H and O–H groups in total. The maximum absolute atomic E-state index is 10.9. The van der Waals surface area contributed by atoms with E-state index in [1.165, 1.54) is 0 Å². The van der Waals surface area contributed by atoms with Crippen LogP contribution < -0.4 is 11.1 Å². The molecule has 2 heterocycles. The van der Waals surface area contributed by atoms with Crippen LogP contribution in [0.15, 0.2) is 17.5 Å². The molecule has 5 heteroatoms. The molecule has 0 saturated carbocycles. The molecule has 1 saturated heterocycles. The zero-order valence-corrected chi connectivity index (χ0v) is 18.3. The smallest absolute Gasteiger partial charge is 0.123 e. The number of nitrogens with two attached hydrogens (primary N) is 1. The van der Waals surface area contributed by atoms with Gasteiger partial charge in [0.25, 0.3) is 0 Å². The lowest BCUT2D eigenvalue weighted by atomic mass is 9.78. The van der Waals surface area contributed by atoms with Gasteiger partial charge in [-0.2, -0.15) is 0 Å². The van der Waals surface area contributed by atoms with Gasteiger partial charge in [-0.1, -0.05) is 41.5 Å². The number of hydrogen-bond acceptors (Lipinski definition) is 5. The van der Waals surface area contributed by atoms with Gasteiger partial charge in [0.2, 0.25) is 0 Å². The Morgan fingerprint density at radius 1 is 1.04 bits per heavy atom. The third kappa shape index (κ3) is 4.05. The van der Waals surface area contributed by atoms with Crippen LogP contribution in [0.1, 0.15) is 70.5 Å². The third-order valence-corrected chi connectivity index (χ3v) is 6.51. The first-order valence-electron chi connectivity index (χ1n) is 9.76. The predicted molar refractivity (Wildman–Crippen MR) is 115 cm³/mol. The normalized spacial score (nSPS) is 17.9. The SMILES string of the molecule is CC(C)(C)c1cc(-c2csc(C3(N)CCNCC3)n2)cc(C(C)(C)C)c1O. The maximum Gasteiger partial charge on any atom is 0.123 e. The second kappa shape index (κ2) is 6.87. The Morgan fingerprint density at radius 2 is 1.56 bits per heavy atom. The minimum Gasteiger partial charge on any atom is -0.507 e. The molecular formula is C22H33N3OS. The van der Waals surface area contributed by atoms with Crippen LogP contribution in [0.25, 0.3) is 11.3 Å². The summed E-state index contributed by atoms with van der Waals surface area (Å²) >= 11 is 1.65. The van der Waals surface area contributed by atoms with Crippen molar-refractivity contribution in [3.05, 3.63) is 33.6 Å². The molecule has 2 aromatic rings. The van der Waals surface area contributed by atoms with Gasteiger partial charge in [0.15, 0.2) is 0 Å². The predicted octanol–water partition coefficient (Wildman–Crippen LogP) is 4.65. The number of nitrogens with zero attached hydrogens (tertiary/aromatic N) is 1. The Balaban J connectivity index is 2.09. The topological polar surface area (TPSA) is 71.2 Å². The van der Waals surface area contributed by atoms with Gasteiger partial charge in [0.05, 0.1) is 11.2 Å². The van der Waals surface area contributed by atoms with E-state index in [1.807, 2.05) is 0 Å². The Labute approximate surface area is 167 Å². The maximum atomic E-state index is 10.9. The van der Waals surface area contributed by atoms with Gasteiger partial charge in [-0.25, -0.2) is 4.98 Å². The second-order valence-corrected chi connectivity index (χ2v) is 10.7. The van der Waals surface area contributed by atoms with Gasteiger partial charge in [-0.3, -0.25) is 0 Å². The zero-order valence-electron chi connectivity index (χ0n) is 17.4. The molecular weight excluding hydrogens is 354 g/mol. The summed E-state index contributed by atoms with van der Waals surface area (Å²) in [5.74, 6) is 0.405. The average molecular weight is 388 g/mol. The Morgan fingerprint density at radius 3 is 2.04 bits per heavy atom. The molecule has 3 rings (SSSR count). The largest absolute Gasteiger partial charge is 0.507 e. The van der Waals surface area contributed by atoms with E-state index < -0.39 is 0 Å². The van der Waals surface area contributed by atoms with Crippen molar-refractivity contribution in [3.63, 3.8) is 0 Å². The van der Waals surface area contributed by atoms with Crippen LogP contribution in [0, 0.1) is 0 Å². The van der Waals surface area contributed by atoms with Gasteiger partial charge in [0.1, 0.15) is 10.8 Å². The van der Waals surface area contributed by atoms with Gasteiger partial charge in [0, 0.05) is 22.1 Å². The Bertz CT molecular complexity index is 786. The average Bonchev–Trinajstić information content (AvgIpc) is 3.04. The van der Waals surface area contributed by atoms with Gasteiger partial charge >= 0.3 is 0 Å². The number of hydrogen-bond donors (Lipinski definition) is 3. The van der Waals surface area contributed by atoms with Gasteiger partial charge in [-0.15, -0.1) is 11.3 Å². The second-order valence-electron chi connectivity index (χ2n) is 9.86. The van der Waals surface area contributed by atoms with Crippen LogP contribution >= 0.6 is 11.3 Å². The first kappa shape index (κ1) is 20.3. The van der Waals surface area contributed by atoms with E-state index in [-0.39, 0.29) is 16.4 Å². The number of piperidine rings is 1. The highest BCUT2D eigenvalue weighted by Gasteiger charge is 2.33. The first-order chi connectivity index (χ1) is 12.4. The highest BCUT2D eigenvalue weighted by Crippen LogP contribution is 2.42. The van der Waals surface area contributed by atoms with E-state index in [2.05, 4.69) is 64.4 Å². The summed E-state index contributed by atoms with van der Waals surface area (Å²) in [5, 5.41) is 17.4. The molecule has 4 nitrogen and oxygen atoms in total. The molecule has 0 bridgehead atoms. The lowest BCUT2D eigenvalue weighted by Crippen LogP contribution is -2.46. The number of phenolic OH excluding ortho intramolecular Hbond substituents is 1. The van der Waals surface area contributed by atoms with Crippen molar-refractivity contribution >= 4 is 11.3 Å². The van der Waals surface area contributed by atoms with E-state index >= 15 is 0 Å². The van der Waals surface area contributed by atoms with Crippen molar-refractivity contribution in [3.8, 4) is 17.0 Å². The standard InChI is InChI=1S/C22H33N3OS/c1-20(2,3)15-11-14(12-16(18(15)26)21(4,5)6)17-13-27-19(25-17)22(23)7-9-24-10-8-22/h11-13,24,26H,7-10,23H2,1-6H3. The van der Waals surface area contributed by atoms with E-state index in [9.17, 15) is 5.11 Å². The summed E-state index contributed by atoms with van der Waals surface area (Å²) in [4.78, 5) is 4.94. The molecule has 0 unspecified atom stereocenters. The fourth-order valence-corrected chi connectivity index (χ4v) is 4.65. The summed E-state index contributed by atoms with van der Waals surface area (Å²) < 4.78 is 0. The van der Waals surface area contributed by atoms with Crippen molar-refractivity contribution in [2.24, 2.45) is 5.73 Å². The molecule has 1 aliphatic rings. The van der Waals surface area contributed by atoms with Crippen LogP contribution in [-0.4, -0.2) is 23.2 Å². The molecule has 0 atom stereocenters. The Kier molecular flexibility index (Phi) is 5.17. The number of aromatic nitrogens is 1. The number of aromatic hydroxyl groups is 1. The van der Waals surface area contributed by atoms with Crippen molar-refractivity contribution in [1.29, 1.82) is 0 Å². The summed E-state index contributed by atoms with van der Waals surface area (Å²) in [6.45, 7) is 14.7. The minimum absolute atomic E-state index is 0.150. The molecule has 27 heavy (non-hydrogen) atoms. The molecule has 0 spiro atoms. The highest BCUT2D eigenvalue weighted by molar-refractivity contribution is 7.10. The number of phenols is 1. The van der Waals surface area contributed by atoms with Crippen LogP contribution in [0.5, 0.6) is 5.75 Å². The Hall–Kier alpha value is -1.43. The van der Waals surface area contributed by atoms with Crippen LogP contribution in [0.2, 0.25) is 0 Å². The minimum atomic E-state index is -0.329. The molecule has 0 aliphatic carbocycles. The van der Waals surface area contributed by atoms with Crippen LogP contribution in [0.3, 0.4) is 0 Å². The van der Waals surface area contributed by atoms with Crippen LogP contribution in [-0.2, 0) is 16.4 Å². The highest BCUT2D eigenvalue weighted by atomic mass is 32.1. The third-order valence-electron chi connectivity index (χ3n) is 5.45. The molecule has 1 aromatic heterocycles. The molecule has 1 aliphatic heterocycles. The number of nitrogens with one attached hydrogen (secondary N) is 1. The lowest BCUT2D eigenvalue weighted by Gasteiger charge is -2.31. The van der Waals surface area contributed by atoms with E-state index in [0.717, 1.165) is 53.3 Å². The fourth-order valence-electron chi connectivity index (χ4n) is 3.65. The first-order valence-corrected chi connectivity index (χ1v) is 10.6. The molecule has 0 amide bonds. The quantitative estimate of drug-likeness (QED) is 0.701. The summed E-state index contributed by atoms with van der Waals surface area (Å²) in [5.41, 5.74) is 9.97. The summed E-state index contributed by atoms with van der Waals surface area (Å²) in [6.07, 6.45) is 1.83. The molecule has 1 fully saturated rings.